The van der Waals surface area contributed by atoms with Crippen LogP contribution < -0.4 is 0 Å². The monoisotopic (exact) mass is 396 g/mol. The summed E-state index contributed by atoms with van der Waals surface area (Å²) in [6.07, 6.45) is 7.87. The lowest BCUT2D eigenvalue weighted by molar-refractivity contribution is 0.316. The van der Waals surface area contributed by atoms with Crippen molar-refractivity contribution in [1.29, 1.82) is 0 Å². The third kappa shape index (κ3) is 13.0. The molecule has 0 atom stereocenters. The summed E-state index contributed by atoms with van der Waals surface area (Å²) in [6, 6.07) is 1.07. The largest absolute Gasteiger partial charge is 0.393 e. The average molecular weight is 398 g/mol. The highest BCUT2D eigenvalue weighted by Gasteiger charge is 2.30. The maximum absolute atomic E-state index is 6.17. The Bertz CT molecular complexity index is 250. The first-order valence-corrected chi connectivity index (χ1v) is 15.3. The van der Waals surface area contributed by atoms with Gasteiger partial charge in [-0.25, -0.2) is 0 Å². The summed E-state index contributed by atoms with van der Waals surface area (Å²) in [5.41, 5.74) is 0. The number of halogens is 4. The lowest BCUT2D eigenvalue weighted by Crippen LogP contribution is -2.25. The van der Waals surface area contributed by atoms with Gasteiger partial charge in [0.25, 0.3) is 0 Å². The molecule has 0 N–H and O–H groups in total. The van der Waals surface area contributed by atoms with Crippen LogP contribution in [-0.4, -0.2) is 27.1 Å². The van der Waals surface area contributed by atoms with Crippen LogP contribution in [0.3, 0.4) is 0 Å². The zero-order chi connectivity index (χ0) is 15.5. The van der Waals surface area contributed by atoms with Gasteiger partial charge >= 0.3 is 13.9 Å². The Morgan fingerprint density at radius 3 is 1.40 bits per heavy atom. The summed E-state index contributed by atoms with van der Waals surface area (Å²) in [4.78, 5) is 0. The summed E-state index contributed by atoms with van der Waals surface area (Å²) in [7, 11) is 0. The van der Waals surface area contributed by atoms with Crippen LogP contribution in [0.2, 0.25) is 12.1 Å². The Kier molecular flexibility index (Phi) is 12.5. The summed E-state index contributed by atoms with van der Waals surface area (Å²) >= 11 is 24.7. The third-order valence-corrected chi connectivity index (χ3v) is 8.34. The van der Waals surface area contributed by atoms with Crippen molar-refractivity contribution in [3.05, 3.63) is 12.2 Å². The number of hydrogen-bond donors (Lipinski definition) is 0. The second kappa shape index (κ2) is 11.8. The fourth-order valence-electron chi connectivity index (χ4n) is 1.29. The molecular formula is C12H24Cl4O2Si2. The standard InChI is InChI=1S/C12H24Cl4O2Si2/c1-3-5-9-17-19(13,14)11-7-8-12-20(15,16)18-10-6-4-2/h7-8H,3-6,9-12H2,1-2H3/b8-7+. The first-order chi connectivity index (χ1) is 9.33. The first kappa shape index (κ1) is 21.3. The summed E-state index contributed by atoms with van der Waals surface area (Å²) in [5, 5.41) is 0. The number of hydrogen-bond acceptors (Lipinski definition) is 2. The van der Waals surface area contributed by atoms with Crippen molar-refractivity contribution >= 4 is 58.2 Å². The fraction of sp³-hybridized carbons (Fsp3) is 0.833. The highest BCUT2D eigenvalue weighted by atomic mass is 35.7. The van der Waals surface area contributed by atoms with Crippen molar-refractivity contribution in [3.63, 3.8) is 0 Å². The van der Waals surface area contributed by atoms with Gasteiger partial charge in [-0.2, -0.15) is 0 Å². The van der Waals surface area contributed by atoms with Crippen LogP contribution >= 0.6 is 44.3 Å². The molecule has 8 heteroatoms. The Hall–Kier alpha value is 1.25. The second-order valence-corrected chi connectivity index (χ2v) is 17.0. The van der Waals surface area contributed by atoms with E-state index in [9.17, 15) is 0 Å². The SMILES string of the molecule is CCCCO[Si](Cl)(Cl)C/C=C/C[Si](Cl)(Cl)OCCCC. The van der Waals surface area contributed by atoms with E-state index in [4.69, 9.17) is 53.2 Å². The molecule has 0 aromatic heterocycles. The van der Waals surface area contributed by atoms with Crippen molar-refractivity contribution in [2.24, 2.45) is 0 Å². The highest BCUT2D eigenvalue weighted by molar-refractivity contribution is 7.43. The maximum atomic E-state index is 6.17. The molecule has 0 bridgehead atoms. The van der Waals surface area contributed by atoms with Gasteiger partial charge < -0.3 is 8.85 Å². The predicted octanol–water partition coefficient (Wildman–Crippen LogP) is 6.01. The van der Waals surface area contributed by atoms with Gasteiger partial charge in [-0.05, 0) is 12.8 Å². The third-order valence-electron chi connectivity index (χ3n) is 2.50. The number of allylic oxidation sites excluding steroid dienone is 2. The van der Waals surface area contributed by atoms with Gasteiger partial charge in [-0.15, -0.1) is 44.3 Å². The normalized spacial score (nSPS) is 13.3. The molecule has 0 saturated carbocycles. The zero-order valence-electron chi connectivity index (χ0n) is 12.1. The maximum Gasteiger partial charge on any atom is 0.393 e. The molecule has 20 heavy (non-hydrogen) atoms. The Morgan fingerprint density at radius 1 is 0.750 bits per heavy atom. The van der Waals surface area contributed by atoms with Crippen LogP contribution in [0.25, 0.3) is 0 Å². The van der Waals surface area contributed by atoms with E-state index >= 15 is 0 Å². The van der Waals surface area contributed by atoms with Gasteiger partial charge in [0.15, 0.2) is 0 Å². The van der Waals surface area contributed by atoms with Gasteiger partial charge in [0.1, 0.15) is 0 Å². The Balaban J connectivity index is 3.92. The average Bonchev–Trinajstić information content (AvgIpc) is 2.35. The highest BCUT2D eigenvalue weighted by Crippen LogP contribution is 2.26. The van der Waals surface area contributed by atoms with Crippen molar-refractivity contribution < 1.29 is 8.85 Å². The summed E-state index contributed by atoms with van der Waals surface area (Å²) in [5.74, 6) is 0. The molecule has 0 fully saturated rings. The molecule has 0 saturated heterocycles. The molecule has 0 aliphatic heterocycles. The lowest BCUT2D eigenvalue weighted by Gasteiger charge is -2.16. The molecule has 120 valence electrons. The molecular weight excluding hydrogens is 374 g/mol. The van der Waals surface area contributed by atoms with Gasteiger partial charge in [0.05, 0.1) is 0 Å². The van der Waals surface area contributed by atoms with Crippen molar-refractivity contribution in [1.82, 2.24) is 0 Å². The minimum Gasteiger partial charge on any atom is -0.392 e. The minimum atomic E-state index is -2.62. The molecule has 0 radical (unpaired) electrons. The van der Waals surface area contributed by atoms with Crippen LogP contribution in [0, 0.1) is 0 Å². The summed E-state index contributed by atoms with van der Waals surface area (Å²) in [6.45, 7) is 0.185. The molecule has 0 aliphatic rings. The smallest absolute Gasteiger partial charge is 0.392 e. The van der Waals surface area contributed by atoms with E-state index in [0.29, 0.717) is 25.3 Å². The van der Waals surface area contributed by atoms with Crippen LogP contribution in [0.5, 0.6) is 0 Å². The van der Waals surface area contributed by atoms with E-state index in [0.717, 1.165) is 25.7 Å². The second-order valence-electron chi connectivity index (χ2n) is 4.56. The van der Waals surface area contributed by atoms with Crippen LogP contribution in [0.1, 0.15) is 39.5 Å². The van der Waals surface area contributed by atoms with Crippen LogP contribution in [0.4, 0.5) is 0 Å². The van der Waals surface area contributed by atoms with Gasteiger partial charge in [0, 0.05) is 25.3 Å². The topological polar surface area (TPSA) is 18.5 Å². The van der Waals surface area contributed by atoms with E-state index in [1.165, 1.54) is 0 Å². The van der Waals surface area contributed by atoms with E-state index in [-0.39, 0.29) is 0 Å². The van der Waals surface area contributed by atoms with Crippen molar-refractivity contribution in [2.75, 3.05) is 13.2 Å². The van der Waals surface area contributed by atoms with Crippen molar-refractivity contribution in [2.45, 2.75) is 51.6 Å². The first-order valence-electron chi connectivity index (χ1n) is 7.01. The quantitative estimate of drug-likeness (QED) is 0.174. The van der Waals surface area contributed by atoms with Gasteiger partial charge in [-0.3, -0.25) is 0 Å². The summed E-state index contributed by atoms with van der Waals surface area (Å²) < 4.78 is 11.0. The zero-order valence-corrected chi connectivity index (χ0v) is 17.2. The molecule has 0 spiro atoms. The molecule has 0 unspecified atom stereocenters. The molecule has 2 nitrogen and oxygen atoms in total. The van der Waals surface area contributed by atoms with Crippen LogP contribution in [0.15, 0.2) is 12.2 Å². The minimum absolute atomic E-state index is 0.535. The molecule has 0 rings (SSSR count). The van der Waals surface area contributed by atoms with E-state index in [1.807, 2.05) is 12.2 Å². The molecule has 0 aromatic rings. The Morgan fingerprint density at radius 2 is 1.10 bits per heavy atom. The van der Waals surface area contributed by atoms with E-state index in [2.05, 4.69) is 13.8 Å². The molecule has 0 heterocycles. The molecule has 0 amide bonds. The fourth-order valence-corrected chi connectivity index (χ4v) is 5.29. The molecule has 0 aliphatic carbocycles. The number of rotatable bonds is 12. The predicted molar refractivity (Wildman–Crippen MR) is 95.4 cm³/mol. The van der Waals surface area contributed by atoms with E-state index < -0.39 is 13.9 Å². The van der Waals surface area contributed by atoms with Gasteiger partial charge in [0.2, 0.25) is 0 Å². The van der Waals surface area contributed by atoms with Crippen LogP contribution in [-0.2, 0) is 8.85 Å². The van der Waals surface area contributed by atoms with Crippen molar-refractivity contribution in [3.8, 4) is 0 Å². The lowest BCUT2D eigenvalue weighted by atomic mass is 10.4. The Labute approximate surface area is 143 Å². The van der Waals surface area contributed by atoms with E-state index in [1.54, 1.807) is 0 Å². The van der Waals surface area contributed by atoms with Gasteiger partial charge in [-0.1, -0.05) is 38.8 Å². The molecule has 0 aromatic carbocycles. The number of unbranched alkanes of at least 4 members (excludes halogenated alkanes) is 2.